The zero-order valence-corrected chi connectivity index (χ0v) is 10.2. The molecule has 1 aromatic carbocycles. The Bertz CT molecular complexity index is 455. The van der Waals surface area contributed by atoms with E-state index in [2.05, 4.69) is 11.3 Å². The van der Waals surface area contributed by atoms with Gasteiger partial charge in [-0.1, -0.05) is 25.1 Å². The Balaban J connectivity index is 2.89. The third-order valence-electron chi connectivity index (χ3n) is 2.31. The van der Waals surface area contributed by atoms with Gasteiger partial charge in [-0.25, -0.2) is 0 Å². The van der Waals surface area contributed by atoms with Gasteiger partial charge in [0.15, 0.2) is 11.5 Å². The van der Waals surface area contributed by atoms with Crippen LogP contribution in [0.25, 0.3) is 0 Å². The van der Waals surface area contributed by atoms with Crippen LogP contribution >= 0.6 is 0 Å². The van der Waals surface area contributed by atoms with Gasteiger partial charge in [0, 0.05) is 0 Å². The number of halogens is 3. The van der Waals surface area contributed by atoms with Crippen molar-refractivity contribution in [2.24, 2.45) is 5.92 Å². The molecule has 0 radical (unpaired) electrons. The second-order valence-corrected chi connectivity index (χ2v) is 3.67. The molecule has 0 saturated carbocycles. The van der Waals surface area contributed by atoms with Gasteiger partial charge in [0.2, 0.25) is 0 Å². The van der Waals surface area contributed by atoms with Crippen LogP contribution in [0, 0.1) is 5.92 Å². The molecule has 1 atom stereocenters. The van der Waals surface area contributed by atoms with Crippen molar-refractivity contribution in [3.8, 4) is 11.5 Å². The maximum Gasteiger partial charge on any atom is 0.573 e. The van der Waals surface area contributed by atoms with Gasteiger partial charge in [0.05, 0.1) is 5.92 Å². The molecule has 0 bridgehead atoms. The van der Waals surface area contributed by atoms with E-state index in [1.54, 1.807) is 6.92 Å². The molecule has 0 amide bonds. The topological polar surface area (TPSA) is 35.5 Å². The van der Waals surface area contributed by atoms with Crippen LogP contribution in [0.2, 0.25) is 0 Å². The summed E-state index contributed by atoms with van der Waals surface area (Å²) in [5.41, 5.74) is 0. The van der Waals surface area contributed by atoms with E-state index in [-0.39, 0.29) is 5.75 Å². The van der Waals surface area contributed by atoms with Crippen LogP contribution in [0.4, 0.5) is 13.2 Å². The first-order valence-electron chi connectivity index (χ1n) is 5.56. The van der Waals surface area contributed by atoms with Crippen LogP contribution in [0.1, 0.15) is 13.3 Å². The zero-order valence-electron chi connectivity index (χ0n) is 10.2. The van der Waals surface area contributed by atoms with Crippen molar-refractivity contribution < 1.29 is 27.4 Å². The molecule has 1 aromatic rings. The summed E-state index contributed by atoms with van der Waals surface area (Å²) in [5.74, 6) is -2.07. The van der Waals surface area contributed by atoms with Crippen LogP contribution in [-0.2, 0) is 4.79 Å². The number of benzene rings is 1. The summed E-state index contributed by atoms with van der Waals surface area (Å²) in [6, 6.07) is 5.10. The van der Waals surface area contributed by atoms with Gasteiger partial charge in [-0.2, -0.15) is 0 Å². The SMILES string of the molecule is C=CC(CC)C(=O)Oc1ccccc1OC(F)(F)F. The monoisotopic (exact) mass is 274 g/mol. The summed E-state index contributed by atoms with van der Waals surface area (Å²) in [6.45, 7) is 5.21. The molecule has 0 aliphatic carbocycles. The van der Waals surface area contributed by atoms with Crippen molar-refractivity contribution in [3.05, 3.63) is 36.9 Å². The van der Waals surface area contributed by atoms with Crippen LogP contribution < -0.4 is 9.47 Å². The van der Waals surface area contributed by atoms with Gasteiger partial charge in [-0.15, -0.1) is 19.8 Å². The van der Waals surface area contributed by atoms with Crippen molar-refractivity contribution in [2.45, 2.75) is 19.7 Å². The fraction of sp³-hybridized carbons (Fsp3) is 0.308. The molecule has 0 fully saturated rings. The van der Waals surface area contributed by atoms with E-state index in [0.717, 1.165) is 6.07 Å². The average molecular weight is 274 g/mol. The predicted octanol–water partition coefficient (Wildman–Crippen LogP) is 3.70. The first-order chi connectivity index (χ1) is 8.87. The lowest BCUT2D eigenvalue weighted by molar-refractivity contribution is -0.275. The Morgan fingerprint density at radius 3 is 2.42 bits per heavy atom. The first kappa shape index (κ1) is 15.1. The molecule has 0 heterocycles. The summed E-state index contributed by atoms with van der Waals surface area (Å²) >= 11 is 0. The molecule has 1 unspecified atom stereocenters. The zero-order chi connectivity index (χ0) is 14.5. The van der Waals surface area contributed by atoms with Crippen LogP contribution in [-0.4, -0.2) is 12.3 Å². The molecule has 6 heteroatoms. The minimum absolute atomic E-state index is 0.273. The Morgan fingerprint density at radius 2 is 1.95 bits per heavy atom. The van der Waals surface area contributed by atoms with Gasteiger partial charge in [0.25, 0.3) is 0 Å². The first-order valence-corrected chi connectivity index (χ1v) is 5.56. The third kappa shape index (κ3) is 4.65. The van der Waals surface area contributed by atoms with Gasteiger partial charge < -0.3 is 9.47 Å². The number of ether oxygens (including phenoxy) is 2. The number of hydrogen-bond donors (Lipinski definition) is 0. The number of para-hydroxylation sites is 2. The number of rotatable bonds is 5. The predicted molar refractivity (Wildman–Crippen MR) is 62.7 cm³/mol. The standard InChI is InChI=1S/C13H13F3O3/c1-3-9(4-2)12(17)18-10-7-5-6-8-11(10)19-13(14,15)16/h3,5-9H,1,4H2,2H3. The molecular formula is C13H13F3O3. The van der Waals surface area contributed by atoms with Gasteiger partial charge in [-0.05, 0) is 18.6 Å². The largest absolute Gasteiger partial charge is 0.573 e. The second kappa shape index (κ2) is 6.26. The van der Waals surface area contributed by atoms with E-state index < -0.39 is 24.0 Å². The molecule has 1 rings (SSSR count). The molecule has 0 aromatic heterocycles. The highest BCUT2D eigenvalue weighted by atomic mass is 19.4. The Labute approximate surface area is 108 Å². The highest BCUT2D eigenvalue weighted by molar-refractivity contribution is 5.77. The highest BCUT2D eigenvalue weighted by Gasteiger charge is 2.32. The fourth-order valence-electron chi connectivity index (χ4n) is 1.36. The molecule has 0 aliphatic heterocycles. The number of hydrogen-bond acceptors (Lipinski definition) is 3. The van der Waals surface area contributed by atoms with E-state index in [1.807, 2.05) is 0 Å². The van der Waals surface area contributed by atoms with Crippen molar-refractivity contribution >= 4 is 5.97 Å². The van der Waals surface area contributed by atoms with Crippen molar-refractivity contribution in [1.82, 2.24) is 0 Å². The summed E-state index contributed by atoms with van der Waals surface area (Å²) < 4.78 is 45.2. The van der Waals surface area contributed by atoms with Crippen molar-refractivity contribution in [3.63, 3.8) is 0 Å². The normalized spacial score (nSPS) is 12.6. The van der Waals surface area contributed by atoms with Gasteiger partial charge in [-0.3, -0.25) is 4.79 Å². The van der Waals surface area contributed by atoms with Crippen LogP contribution in [0.5, 0.6) is 11.5 Å². The third-order valence-corrected chi connectivity index (χ3v) is 2.31. The van der Waals surface area contributed by atoms with Crippen molar-refractivity contribution in [2.75, 3.05) is 0 Å². The highest BCUT2D eigenvalue weighted by Crippen LogP contribution is 2.32. The van der Waals surface area contributed by atoms with E-state index in [1.165, 1.54) is 24.3 Å². The van der Waals surface area contributed by atoms with Gasteiger partial charge in [0.1, 0.15) is 0 Å². The lowest BCUT2D eigenvalue weighted by Gasteiger charge is -2.14. The fourth-order valence-corrected chi connectivity index (χ4v) is 1.36. The summed E-state index contributed by atoms with van der Waals surface area (Å²) in [7, 11) is 0. The molecule has 0 saturated heterocycles. The number of carbonyl (C=O) groups excluding carboxylic acids is 1. The Kier molecular flexibility index (Phi) is 4.97. The minimum atomic E-state index is -4.84. The van der Waals surface area contributed by atoms with Crippen LogP contribution in [0.3, 0.4) is 0 Å². The summed E-state index contributed by atoms with van der Waals surface area (Å²) in [4.78, 5) is 11.7. The number of esters is 1. The molecule has 0 spiro atoms. The van der Waals surface area contributed by atoms with Gasteiger partial charge >= 0.3 is 12.3 Å². The molecule has 104 valence electrons. The molecular weight excluding hydrogens is 261 g/mol. The van der Waals surface area contributed by atoms with Crippen LogP contribution in [0.15, 0.2) is 36.9 Å². The molecule has 3 nitrogen and oxygen atoms in total. The Hall–Kier alpha value is -1.98. The maximum atomic E-state index is 12.2. The van der Waals surface area contributed by atoms with E-state index in [9.17, 15) is 18.0 Å². The van der Waals surface area contributed by atoms with Crippen molar-refractivity contribution in [1.29, 1.82) is 0 Å². The number of carbonyl (C=O) groups is 1. The summed E-state index contributed by atoms with van der Waals surface area (Å²) in [5, 5.41) is 0. The Morgan fingerprint density at radius 1 is 1.37 bits per heavy atom. The minimum Gasteiger partial charge on any atom is -0.422 e. The van der Waals surface area contributed by atoms with E-state index in [4.69, 9.17) is 4.74 Å². The molecule has 0 aliphatic rings. The molecule has 0 N–H and O–H groups in total. The quantitative estimate of drug-likeness (QED) is 0.466. The lowest BCUT2D eigenvalue weighted by Crippen LogP contribution is -2.21. The second-order valence-electron chi connectivity index (χ2n) is 3.67. The summed E-state index contributed by atoms with van der Waals surface area (Å²) in [6.07, 6.45) is -3.01. The lowest BCUT2D eigenvalue weighted by atomic mass is 10.1. The maximum absolute atomic E-state index is 12.2. The average Bonchev–Trinajstić information content (AvgIpc) is 2.31. The molecule has 19 heavy (non-hydrogen) atoms. The number of alkyl halides is 3. The van der Waals surface area contributed by atoms with E-state index in [0.29, 0.717) is 6.42 Å². The van der Waals surface area contributed by atoms with E-state index >= 15 is 0 Å². The smallest absolute Gasteiger partial charge is 0.422 e.